The van der Waals surface area contributed by atoms with Gasteiger partial charge in [-0.3, -0.25) is 4.55 Å². The first kappa shape index (κ1) is 73.6. The van der Waals surface area contributed by atoms with Crippen molar-refractivity contribution in [2.24, 2.45) is 0 Å². The zero-order valence-electron chi connectivity index (χ0n) is 56.1. The highest BCUT2D eigenvalue weighted by atomic mass is 32.2. The third kappa shape index (κ3) is 20.4. The number of anilines is 2. The first-order valence-electron chi connectivity index (χ1n) is 33.3. The number of thiocarbonyl (C=S) groups is 1. The Bertz CT molecular complexity index is 3700. The van der Waals surface area contributed by atoms with Gasteiger partial charge in [0.2, 0.25) is 10.7 Å². The van der Waals surface area contributed by atoms with E-state index in [9.17, 15) is 22.9 Å². The van der Waals surface area contributed by atoms with Gasteiger partial charge in [0.15, 0.2) is 5.11 Å². The van der Waals surface area contributed by atoms with Crippen molar-refractivity contribution >= 4 is 66.7 Å². The summed E-state index contributed by atoms with van der Waals surface area (Å²) in [6, 6.07) is 38.2. The summed E-state index contributed by atoms with van der Waals surface area (Å²) in [5.74, 6) is 0.472. The van der Waals surface area contributed by atoms with Gasteiger partial charge in [-0.05, 0) is 148 Å². The third-order valence-corrected chi connectivity index (χ3v) is 17.8. The molecule has 16 heteroatoms. The highest BCUT2D eigenvalue weighted by Crippen LogP contribution is 2.44. The molecule has 14 nitrogen and oxygen atoms in total. The van der Waals surface area contributed by atoms with Gasteiger partial charge in [0.05, 0.1) is 17.7 Å². The molecular formula is C74H105N7O7S2+2. The van der Waals surface area contributed by atoms with E-state index in [0.29, 0.717) is 22.5 Å². The zero-order chi connectivity index (χ0) is 65.6. The van der Waals surface area contributed by atoms with Gasteiger partial charge in [-0.25, -0.2) is 13.9 Å². The molecule has 0 bridgehead atoms. The maximum atomic E-state index is 12.3. The van der Waals surface area contributed by atoms with E-state index in [0.717, 1.165) is 137 Å². The summed E-state index contributed by atoms with van der Waals surface area (Å²) in [4.78, 5) is 16.5. The van der Waals surface area contributed by atoms with Crippen LogP contribution in [0.15, 0.2) is 135 Å². The molecule has 8 rings (SSSR count). The molecule has 488 valence electrons. The van der Waals surface area contributed by atoms with Crippen molar-refractivity contribution < 1.29 is 31.7 Å². The van der Waals surface area contributed by atoms with Gasteiger partial charge >= 0.3 is 5.97 Å². The number of carboxylic acids is 1. The fourth-order valence-electron chi connectivity index (χ4n) is 11.5. The lowest BCUT2D eigenvalue weighted by molar-refractivity contribution is 0.0697. The second kappa shape index (κ2) is 38.6. The van der Waals surface area contributed by atoms with Crippen molar-refractivity contribution in [2.45, 2.75) is 152 Å². The number of benzene rings is 6. The fraction of sp³-hybridized carbons (Fsp3) is 0.459. The maximum absolute atomic E-state index is 12.3. The molecule has 90 heavy (non-hydrogen) atoms. The molecular weight excluding hydrogens is 1160 g/mol. The quantitative estimate of drug-likeness (QED) is 0.0103. The predicted molar refractivity (Wildman–Crippen MR) is 383 cm³/mol. The van der Waals surface area contributed by atoms with Gasteiger partial charge in [-0.15, -0.1) is 0 Å². The standard InChI is InChI=1S/C28H30N2O3.C27H30N2O4S.C10H23N.C9H20N2S/c1-5-29(6-2)19-13-15-23-25(17-19)33-26-18-20(30(7-3)8-4)14-16-24(26)27(23)21-11-9-10-12-22(21)28(31)32;1-5-28(6-2)19-13-15-21-24(17-19)33-25-18-20(29(7-3)8-4)14-16-22(25)27(21)23-11-9-10-12-26(23)34(30,31)32;1-3-5-6-7-8-9-10-11-4-2;1-3-4-5-6-7-8-11-9(12)10-2/h9-18H,5-8H2,1-4H3;9-18H,5-8H2,1-4H3;11H,3-10H2,1-2H3;3-8H2,1-2H3,(H2,10,11,12)/p+2. The van der Waals surface area contributed by atoms with E-state index in [1.54, 1.807) is 30.3 Å². The van der Waals surface area contributed by atoms with Gasteiger partial charge in [0.1, 0.15) is 53.8 Å². The van der Waals surface area contributed by atoms with E-state index in [-0.39, 0.29) is 10.5 Å². The molecule has 4 aliphatic rings. The lowest BCUT2D eigenvalue weighted by atomic mass is 9.90. The summed E-state index contributed by atoms with van der Waals surface area (Å²) in [6.45, 7) is 34.0. The molecule has 2 heterocycles. The van der Waals surface area contributed by atoms with Crippen LogP contribution in [0.4, 0.5) is 11.4 Å². The Labute approximate surface area is 543 Å². The first-order chi connectivity index (χ1) is 43.6. The molecule has 0 spiro atoms. The third-order valence-electron chi connectivity index (χ3n) is 16.5. The minimum absolute atomic E-state index is 0.121. The predicted octanol–water partition coefficient (Wildman–Crippen LogP) is 15.7. The molecule has 2 aliphatic carbocycles. The molecule has 2 aliphatic heterocycles. The Morgan fingerprint density at radius 1 is 0.522 bits per heavy atom. The van der Waals surface area contributed by atoms with Crippen LogP contribution < -0.4 is 45.6 Å². The Hall–Kier alpha value is -7.11. The van der Waals surface area contributed by atoms with Crippen LogP contribution in [-0.2, 0) is 10.1 Å². The van der Waals surface area contributed by atoms with Crippen molar-refractivity contribution in [2.75, 3.05) is 88.8 Å². The van der Waals surface area contributed by atoms with Crippen LogP contribution in [0.3, 0.4) is 0 Å². The van der Waals surface area contributed by atoms with E-state index in [1.807, 2.05) is 55.6 Å². The number of fused-ring (bicyclic) bond motifs is 4. The summed E-state index contributed by atoms with van der Waals surface area (Å²) in [6.07, 6.45) is 15.0. The average Bonchev–Trinajstić information content (AvgIpc) is 0.800. The van der Waals surface area contributed by atoms with Crippen molar-refractivity contribution in [3.05, 3.63) is 138 Å². The summed E-state index contributed by atoms with van der Waals surface area (Å²) < 4.78 is 51.9. The Morgan fingerprint density at radius 3 is 1.39 bits per heavy atom. The van der Waals surface area contributed by atoms with Crippen LogP contribution in [0.2, 0.25) is 0 Å². The van der Waals surface area contributed by atoms with E-state index in [2.05, 4.69) is 147 Å². The topological polar surface area (TPSA) is 167 Å². The molecule has 0 fully saturated rings. The first-order valence-corrected chi connectivity index (χ1v) is 35.1. The molecule has 5 N–H and O–H groups in total. The van der Waals surface area contributed by atoms with Gasteiger partial charge in [0, 0.05) is 114 Å². The average molecular weight is 1270 g/mol. The minimum Gasteiger partial charge on any atom is -0.478 e. The number of unbranched alkanes of at least 4 members (excludes halogenated alkanes) is 9. The second-order valence-corrected chi connectivity index (χ2v) is 24.0. The van der Waals surface area contributed by atoms with Crippen LogP contribution in [0.1, 0.15) is 157 Å². The minimum atomic E-state index is -4.43. The van der Waals surface area contributed by atoms with Crippen molar-refractivity contribution in [3.63, 3.8) is 0 Å². The van der Waals surface area contributed by atoms with Crippen LogP contribution in [-0.4, -0.2) is 108 Å². The molecule has 0 saturated heterocycles. The maximum Gasteiger partial charge on any atom is 0.336 e. The lowest BCUT2D eigenvalue weighted by Gasteiger charge is -2.22. The number of nitrogens with one attached hydrogen (secondary N) is 3. The number of hydrogen-bond donors (Lipinski definition) is 5. The molecule has 4 aromatic carbocycles. The van der Waals surface area contributed by atoms with Gasteiger partial charge < -0.3 is 39.7 Å². The smallest absolute Gasteiger partial charge is 0.336 e. The van der Waals surface area contributed by atoms with E-state index in [4.69, 9.17) is 21.1 Å². The summed E-state index contributed by atoms with van der Waals surface area (Å²) in [5, 5.41) is 23.8. The molecule has 0 atom stereocenters. The number of carbonyl (C=O) groups is 1. The van der Waals surface area contributed by atoms with Crippen molar-refractivity contribution in [1.82, 2.24) is 25.1 Å². The molecule has 0 aromatic heterocycles. The number of aromatic carboxylic acids is 1. The summed E-state index contributed by atoms with van der Waals surface area (Å²) in [7, 11) is -2.59. The van der Waals surface area contributed by atoms with Crippen LogP contribution >= 0.6 is 12.2 Å². The highest BCUT2D eigenvalue weighted by Gasteiger charge is 2.26. The largest absolute Gasteiger partial charge is 0.478 e. The number of carboxylic acid groups (broad SMARTS) is 1. The van der Waals surface area contributed by atoms with Gasteiger partial charge in [0.25, 0.3) is 10.1 Å². The summed E-state index contributed by atoms with van der Waals surface area (Å²) in [5.41, 5.74) is 8.27. The van der Waals surface area contributed by atoms with Crippen LogP contribution in [0, 0.1) is 0 Å². The van der Waals surface area contributed by atoms with Crippen LogP contribution in [0.5, 0.6) is 0 Å². The summed E-state index contributed by atoms with van der Waals surface area (Å²) >= 11 is 4.93. The molecule has 4 aromatic rings. The van der Waals surface area contributed by atoms with Crippen molar-refractivity contribution in [1.29, 1.82) is 0 Å². The second-order valence-electron chi connectivity index (χ2n) is 22.2. The molecule has 0 radical (unpaired) electrons. The molecule has 0 amide bonds. The number of hydrogen-bond acceptors (Lipinski definition) is 9. The monoisotopic (exact) mass is 1270 g/mol. The normalized spacial score (nSPS) is 11.1. The van der Waals surface area contributed by atoms with E-state index < -0.39 is 16.1 Å². The molecule has 0 unspecified atom stereocenters. The Morgan fingerprint density at radius 2 is 0.956 bits per heavy atom. The SMILES string of the molecule is CCCCCCCCNCC.CCCCCCCNC(=S)NC.CCN(CC)c1ccc2c(-c3ccccc3C(=O)O)c3ccc(=[N+](CC)CC)cc-3oc2c1.CCN(CC)c1ccc2c(-c3ccccc3S(=O)(=O)O)c3ccc(=[N+](CC)CC)cc-3oc2c1. The van der Waals surface area contributed by atoms with E-state index in [1.165, 1.54) is 83.2 Å². The van der Waals surface area contributed by atoms with Gasteiger partial charge in [-0.1, -0.05) is 115 Å². The van der Waals surface area contributed by atoms with Gasteiger partial charge in [-0.2, -0.15) is 8.42 Å². The zero-order valence-corrected chi connectivity index (χ0v) is 57.8. The Kier molecular flexibility index (Phi) is 31.5. The van der Waals surface area contributed by atoms with Crippen LogP contribution in [0.25, 0.3) is 66.8 Å². The number of rotatable bonds is 28. The lowest BCUT2D eigenvalue weighted by Crippen LogP contribution is -2.32. The number of nitrogens with zero attached hydrogens (tertiary/aromatic N) is 4. The molecule has 0 saturated carbocycles. The Balaban J connectivity index is 0.000000244. The van der Waals surface area contributed by atoms with Crippen molar-refractivity contribution in [3.8, 4) is 44.9 Å². The van der Waals surface area contributed by atoms with E-state index >= 15 is 0 Å². The fourth-order valence-corrected chi connectivity index (χ4v) is 12.3. The highest BCUT2D eigenvalue weighted by molar-refractivity contribution is 7.86.